The molecule has 18 heteroatoms. The van der Waals surface area contributed by atoms with Crippen LogP contribution in [0.25, 0.3) is 22.6 Å². The van der Waals surface area contributed by atoms with E-state index in [1.807, 2.05) is 19.9 Å². The maximum atomic E-state index is 13.0. The summed E-state index contributed by atoms with van der Waals surface area (Å²) in [5.74, 6) is -0.745. The fourth-order valence-electron chi connectivity index (χ4n) is 5.95. The lowest BCUT2D eigenvalue weighted by Crippen LogP contribution is -2.56. The van der Waals surface area contributed by atoms with E-state index in [2.05, 4.69) is 36.2 Å². The normalized spacial score (nSPS) is 12.7. The molecule has 0 spiro atoms. The second-order valence-corrected chi connectivity index (χ2v) is 14.1. The molecule has 5 rings (SSSR count). The fraction of sp³-hybridized carbons (Fsp3) is 0.372. The number of aromatic nitrogens is 3. The summed E-state index contributed by atoms with van der Waals surface area (Å²) in [6, 6.07) is 18.8. The number of nitrogens with one attached hydrogen (secondary N) is 4. The van der Waals surface area contributed by atoms with E-state index in [1.165, 1.54) is 6.20 Å². The summed E-state index contributed by atoms with van der Waals surface area (Å²) < 4.78 is 28.1. The number of amides is 4. The molecule has 0 aliphatic heterocycles. The number of hydrogen-bond acceptors (Lipinski definition) is 13. The smallest absolute Gasteiger partial charge is 0.404 e. The first-order valence-electron chi connectivity index (χ1n) is 19.8. The molecule has 0 saturated heterocycles. The molecule has 5 aromatic rings. The average molecular weight is 842 g/mol. The second-order valence-electron chi connectivity index (χ2n) is 14.1. The third kappa shape index (κ3) is 15.3. The molecule has 3 heterocycles. The number of oxazole rings is 1. The second kappa shape index (κ2) is 24.0. The molecule has 0 aliphatic carbocycles. The number of carbonyl (C=O) groups is 4. The van der Waals surface area contributed by atoms with Gasteiger partial charge in [-0.2, -0.15) is 0 Å². The fourth-order valence-corrected chi connectivity index (χ4v) is 5.95. The first-order chi connectivity index (χ1) is 29.5. The Morgan fingerprint density at radius 3 is 2.21 bits per heavy atom. The molecule has 2 aromatic carbocycles. The molecule has 0 unspecified atom stereocenters. The lowest BCUT2D eigenvalue weighted by atomic mass is 9.99. The van der Waals surface area contributed by atoms with Gasteiger partial charge in [-0.3, -0.25) is 19.4 Å². The number of rotatable bonds is 25. The third-order valence-corrected chi connectivity index (χ3v) is 8.91. The van der Waals surface area contributed by atoms with Crippen molar-refractivity contribution in [3.05, 3.63) is 103 Å². The molecule has 6 N–H and O–H groups in total. The standard InChI is InChI=1S/C43H51N7O11/c1-28(2)23-36(48-41(54)38(51)35(50-43(55)56)24-29-7-4-3-5-8-29)39(52)45-15-16-57-17-18-58-19-20-59-21-22-60-32-11-12-33(46-27-32)40(53)47-31-10-13-37-34(25-31)49-42(61-37)30-9-6-14-44-26-30/h3-14,25-28,35-36,38,50-51H,15-24H2,1-2H3,(H,45,52)(H,47,53)(H,48,54)(H,55,56)/t35-,36+,38+/m1/s1. The third-order valence-electron chi connectivity index (χ3n) is 8.91. The SMILES string of the molecule is CC(C)C[C@H](NC(=O)[C@@H](O)[C@@H](Cc1ccccc1)NC(=O)O)C(=O)NCCOCCOCCOCCOc1ccc(C(=O)Nc2ccc3oc(-c4cccnc4)nc3c2)nc1. The van der Waals surface area contributed by atoms with Crippen LogP contribution < -0.4 is 26.0 Å². The van der Waals surface area contributed by atoms with E-state index in [0.717, 1.165) is 11.1 Å². The molecule has 61 heavy (non-hydrogen) atoms. The van der Waals surface area contributed by atoms with Gasteiger partial charge in [0.25, 0.3) is 11.8 Å². The van der Waals surface area contributed by atoms with E-state index in [1.54, 1.807) is 79.1 Å². The number of pyridine rings is 2. The zero-order chi connectivity index (χ0) is 43.4. The highest BCUT2D eigenvalue weighted by Gasteiger charge is 2.31. The predicted octanol–water partition coefficient (Wildman–Crippen LogP) is 3.85. The Kier molecular flexibility index (Phi) is 17.9. The topological polar surface area (TPSA) is 246 Å². The largest absolute Gasteiger partial charge is 0.490 e. The quantitative estimate of drug-likeness (QED) is 0.0458. The molecule has 0 aliphatic rings. The van der Waals surface area contributed by atoms with Crippen molar-refractivity contribution in [2.45, 2.75) is 44.9 Å². The number of aliphatic hydroxyl groups is 1. The van der Waals surface area contributed by atoms with Gasteiger partial charge in [0, 0.05) is 24.6 Å². The molecule has 0 radical (unpaired) electrons. The summed E-state index contributed by atoms with van der Waals surface area (Å²) in [6.07, 6.45) is 2.06. The van der Waals surface area contributed by atoms with Crippen LogP contribution in [0.2, 0.25) is 0 Å². The van der Waals surface area contributed by atoms with E-state index < -0.39 is 42.0 Å². The van der Waals surface area contributed by atoms with Crippen LogP contribution in [0.3, 0.4) is 0 Å². The highest BCUT2D eigenvalue weighted by molar-refractivity contribution is 6.03. The van der Waals surface area contributed by atoms with E-state index in [9.17, 15) is 29.4 Å². The van der Waals surface area contributed by atoms with Crippen LogP contribution in [0.5, 0.6) is 5.75 Å². The highest BCUT2D eigenvalue weighted by Crippen LogP contribution is 2.26. The van der Waals surface area contributed by atoms with Gasteiger partial charge in [-0.1, -0.05) is 44.2 Å². The van der Waals surface area contributed by atoms with Crippen LogP contribution in [0.1, 0.15) is 36.3 Å². The van der Waals surface area contributed by atoms with Crippen molar-refractivity contribution in [1.29, 1.82) is 0 Å². The van der Waals surface area contributed by atoms with Crippen molar-refractivity contribution in [2.24, 2.45) is 5.92 Å². The summed E-state index contributed by atoms with van der Waals surface area (Å²) in [5.41, 5.74) is 3.40. The van der Waals surface area contributed by atoms with Crippen molar-refractivity contribution in [2.75, 3.05) is 58.1 Å². The van der Waals surface area contributed by atoms with Gasteiger partial charge in [0.2, 0.25) is 11.8 Å². The first-order valence-corrected chi connectivity index (χ1v) is 19.8. The highest BCUT2D eigenvalue weighted by atomic mass is 16.6. The van der Waals surface area contributed by atoms with Gasteiger partial charge in [-0.05, 0) is 66.8 Å². The van der Waals surface area contributed by atoms with Crippen LogP contribution in [0, 0.1) is 5.92 Å². The van der Waals surface area contributed by atoms with Gasteiger partial charge < -0.3 is 54.8 Å². The number of carbonyl (C=O) groups excluding carboxylic acids is 3. The molecule has 0 fully saturated rings. The summed E-state index contributed by atoms with van der Waals surface area (Å²) in [6.45, 7) is 5.97. The number of fused-ring (bicyclic) bond motifs is 1. The summed E-state index contributed by atoms with van der Waals surface area (Å²) >= 11 is 0. The summed E-state index contributed by atoms with van der Waals surface area (Å²) in [4.78, 5) is 62.9. The maximum Gasteiger partial charge on any atom is 0.404 e. The molecule has 0 saturated carbocycles. The van der Waals surface area contributed by atoms with E-state index in [4.69, 9.17) is 23.4 Å². The van der Waals surface area contributed by atoms with Gasteiger partial charge >= 0.3 is 6.09 Å². The summed E-state index contributed by atoms with van der Waals surface area (Å²) in [7, 11) is 0. The lowest BCUT2D eigenvalue weighted by Gasteiger charge is -2.26. The van der Waals surface area contributed by atoms with Crippen molar-refractivity contribution in [1.82, 2.24) is 30.9 Å². The maximum absolute atomic E-state index is 13.0. The molecule has 0 bridgehead atoms. The van der Waals surface area contributed by atoms with Crippen molar-refractivity contribution in [3.63, 3.8) is 0 Å². The Labute approximate surface area is 352 Å². The van der Waals surface area contributed by atoms with Crippen LogP contribution in [-0.2, 0) is 30.2 Å². The Bertz CT molecular complexity index is 2140. The lowest BCUT2D eigenvalue weighted by molar-refractivity contribution is -0.135. The Hall–Kier alpha value is -6.47. The minimum Gasteiger partial charge on any atom is -0.490 e. The Morgan fingerprint density at radius 2 is 1.54 bits per heavy atom. The van der Waals surface area contributed by atoms with Crippen LogP contribution in [0.15, 0.2) is 95.8 Å². The zero-order valence-corrected chi connectivity index (χ0v) is 34.0. The van der Waals surface area contributed by atoms with Gasteiger partial charge in [0.1, 0.15) is 29.6 Å². The van der Waals surface area contributed by atoms with E-state index in [-0.39, 0.29) is 44.4 Å². The van der Waals surface area contributed by atoms with Gasteiger partial charge in [-0.15, -0.1) is 0 Å². The molecular formula is C43H51N7O11. The average Bonchev–Trinajstić information content (AvgIpc) is 3.69. The number of anilines is 1. The monoisotopic (exact) mass is 841 g/mol. The number of carboxylic acid groups (broad SMARTS) is 1. The zero-order valence-electron chi connectivity index (χ0n) is 34.0. The van der Waals surface area contributed by atoms with Gasteiger partial charge in [0.15, 0.2) is 11.7 Å². The van der Waals surface area contributed by atoms with Crippen molar-refractivity contribution < 1.29 is 52.8 Å². The van der Waals surface area contributed by atoms with Crippen LogP contribution in [-0.4, -0.2) is 120 Å². The Morgan fingerprint density at radius 1 is 0.803 bits per heavy atom. The van der Waals surface area contributed by atoms with Crippen LogP contribution >= 0.6 is 0 Å². The van der Waals surface area contributed by atoms with Crippen molar-refractivity contribution >= 4 is 40.6 Å². The molecule has 3 atom stereocenters. The van der Waals surface area contributed by atoms with E-state index in [0.29, 0.717) is 61.3 Å². The predicted molar refractivity (Wildman–Crippen MR) is 223 cm³/mol. The number of hydrogen-bond donors (Lipinski definition) is 6. The van der Waals surface area contributed by atoms with E-state index >= 15 is 0 Å². The molecule has 3 aromatic heterocycles. The molecule has 4 amide bonds. The van der Waals surface area contributed by atoms with Crippen LogP contribution in [0.4, 0.5) is 10.5 Å². The van der Waals surface area contributed by atoms with Crippen molar-refractivity contribution in [3.8, 4) is 17.2 Å². The Balaban J connectivity index is 0.897. The van der Waals surface area contributed by atoms with Gasteiger partial charge in [-0.25, -0.2) is 14.8 Å². The number of aliphatic hydroxyl groups excluding tert-OH is 1. The number of benzene rings is 2. The molecular weight excluding hydrogens is 791 g/mol. The number of nitrogens with zero attached hydrogens (tertiary/aromatic N) is 3. The molecule has 324 valence electrons. The minimum absolute atomic E-state index is 0.0383. The summed E-state index contributed by atoms with van der Waals surface area (Å²) in [5, 5.41) is 30.3. The minimum atomic E-state index is -1.73. The number of ether oxygens (including phenoxy) is 4. The van der Waals surface area contributed by atoms with Gasteiger partial charge in [0.05, 0.1) is 57.4 Å². The first kappa shape index (κ1) is 45.6. The molecule has 18 nitrogen and oxygen atoms in total.